The van der Waals surface area contributed by atoms with Gasteiger partial charge in [0.05, 0.1) is 11.0 Å². The fraction of sp³-hybridized carbons (Fsp3) is 0. The number of nitrogens with zero attached hydrogens (tertiary/aromatic N) is 1. The monoisotopic (exact) mass is 508 g/mol. The molecule has 0 bridgehead atoms. The third-order valence-electron chi connectivity index (χ3n) is 8.49. The Bertz CT molecular complexity index is 2420. The molecule has 2 heteroatoms. The summed E-state index contributed by atoms with van der Waals surface area (Å²) in [6.45, 7) is 0. The van der Waals surface area contributed by atoms with E-state index in [1.165, 1.54) is 82.0 Å². The van der Waals surface area contributed by atoms with Gasteiger partial charge in [0.25, 0.3) is 0 Å². The van der Waals surface area contributed by atoms with Crippen LogP contribution in [0.25, 0.3) is 82.0 Å². The molecule has 9 rings (SSSR count). The lowest BCUT2D eigenvalue weighted by atomic mass is 9.98. The van der Waals surface area contributed by atoms with E-state index < -0.39 is 0 Å². The Labute approximate surface area is 230 Å². The molecule has 0 aliphatic carbocycles. The van der Waals surface area contributed by atoms with E-state index in [9.17, 15) is 0 Å². The number of benzene rings is 7. The summed E-state index contributed by atoms with van der Waals surface area (Å²) in [5.74, 6) is 0. The Morgan fingerprint density at radius 2 is 1.00 bits per heavy atom. The van der Waals surface area contributed by atoms with E-state index >= 15 is 0 Å². The summed E-state index contributed by atoms with van der Waals surface area (Å²) in [6, 6.07) is 50.8. The molecule has 7 aromatic carbocycles. The van der Waals surface area contributed by atoms with Crippen molar-refractivity contribution in [2.45, 2.75) is 0 Å². The van der Waals surface area contributed by atoms with Crippen LogP contribution in [0.3, 0.4) is 0 Å². The van der Waals surface area contributed by atoms with Crippen molar-refractivity contribution in [1.29, 1.82) is 0 Å². The van der Waals surface area contributed by atoms with Crippen LogP contribution in [0, 0.1) is 0 Å². The van der Waals surface area contributed by atoms with E-state index in [0.29, 0.717) is 0 Å². The molecule has 0 spiro atoms. The molecule has 0 atom stereocenters. The van der Waals surface area contributed by atoms with E-state index in [0.717, 1.165) is 0 Å². The zero-order valence-corrected chi connectivity index (χ0v) is 21.7. The number of nitrogens with one attached hydrogen (secondary N) is 1. The number of fused-ring (bicyclic) bond motifs is 10. The highest BCUT2D eigenvalue weighted by molar-refractivity contribution is 6.23. The van der Waals surface area contributed by atoms with Gasteiger partial charge in [-0.25, -0.2) is 0 Å². The second kappa shape index (κ2) is 8.08. The summed E-state index contributed by atoms with van der Waals surface area (Å²) in [6.07, 6.45) is 0. The van der Waals surface area contributed by atoms with Crippen molar-refractivity contribution in [1.82, 2.24) is 9.55 Å². The Morgan fingerprint density at radius 3 is 1.80 bits per heavy atom. The number of hydrogen-bond acceptors (Lipinski definition) is 0. The smallest absolute Gasteiger partial charge is 0.0547 e. The van der Waals surface area contributed by atoms with Crippen molar-refractivity contribution in [2.24, 2.45) is 0 Å². The molecule has 0 radical (unpaired) electrons. The molecule has 2 aromatic heterocycles. The van der Waals surface area contributed by atoms with Gasteiger partial charge in [0.2, 0.25) is 0 Å². The van der Waals surface area contributed by atoms with E-state index in [1.807, 2.05) is 0 Å². The summed E-state index contributed by atoms with van der Waals surface area (Å²) in [7, 11) is 0. The molecule has 0 fully saturated rings. The molecule has 0 saturated carbocycles. The molecule has 0 unspecified atom stereocenters. The molecule has 9 aromatic rings. The fourth-order valence-electron chi connectivity index (χ4n) is 6.68. The van der Waals surface area contributed by atoms with Crippen molar-refractivity contribution in [2.75, 3.05) is 0 Å². The predicted octanol–water partition coefficient (Wildman–Crippen LogP) is 10.4. The van der Waals surface area contributed by atoms with Crippen molar-refractivity contribution < 1.29 is 0 Å². The van der Waals surface area contributed by atoms with Gasteiger partial charge in [-0.1, -0.05) is 91.0 Å². The van der Waals surface area contributed by atoms with Crippen molar-refractivity contribution in [3.8, 4) is 16.8 Å². The Morgan fingerprint density at radius 1 is 0.400 bits per heavy atom. The zero-order valence-electron chi connectivity index (χ0n) is 21.7. The van der Waals surface area contributed by atoms with Crippen molar-refractivity contribution >= 4 is 65.2 Å². The summed E-state index contributed by atoms with van der Waals surface area (Å²) < 4.78 is 2.40. The number of H-pyrrole nitrogens is 1. The normalized spacial score (nSPS) is 12.0. The van der Waals surface area contributed by atoms with Gasteiger partial charge in [-0.2, -0.15) is 0 Å². The number of rotatable bonds is 2. The number of hydrogen-bond donors (Lipinski definition) is 1. The second-order valence-corrected chi connectivity index (χ2v) is 10.7. The molecule has 0 saturated heterocycles. The van der Waals surface area contributed by atoms with Gasteiger partial charge in [0, 0.05) is 38.3 Å². The minimum atomic E-state index is 1.17. The first kappa shape index (κ1) is 21.6. The predicted molar refractivity (Wildman–Crippen MR) is 171 cm³/mol. The average Bonchev–Trinajstić information content (AvgIpc) is 3.57. The zero-order chi connectivity index (χ0) is 26.2. The molecule has 186 valence electrons. The Kier molecular flexibility index (Phi) is 4.36. The van der Waals surface area contributed by atoms with Crippen LogP contribution in [0.1, 0.15) is 0 Å². The summed E-state index contributed by atoms with van der Waals surface area (Å²) in [4.78, 5) is 3.64. The lowest BCUT2D eigenvalue weighted by molar-refractivity contribution is 1.18. The first-order valence-electron chi connectivity index (χ1n) is 13.8. The average molecular weight is 509 g/mol. The van der Waals surface area contributed by atoms with Crippen molar-refractivity contribution in [3.05, 3.63) is 140 Å². The number of aromatic nitrogens is 2. The topological polar surface area (TPSA) is 20.7 Å². The summed E-state index contributed by atoms with van der Waals surface area (Å²) in [5, 5.41) is 10.2. The fourth-order valence-corrected chi connectivity index (χ4v) is 6.68. The highest BCUT2D eigenvalue weighted by Gasteiger charge is 2.16. The summed E-state index contributed by atoms with van der Waals surface area (Å²) >= 11 is 0. The van der Waals surface area contributed by atoms with Gasteiger partial charge in [0.15, 0.2) is 0 Å². The molecule has 2 nitrogen and oxygen atoms in total. The molecular formula is C38H24N2. The maximum Gasteiger partial charge on any atom is 0.0547 e. The minimum Gasteiger partial charge on any atom is -0.354 e. The lowest BCUT2D eigenvalue weighted by Gasteiger charge is -2.08. The molecule has 0 aliphatic rings. The third kappa shape index (κ3) is 2.99. The van der Waals surface area contributed by atoms with Crippen LogP contribution >= 0.6 is 0 Å². The Hall–Kier alpha value is -5.34. The first-order chi connectivity index (χ1) is 19.8. The molecule has 40 heavy (non-hydrogen) atoms. The van der Waals surface area contributed by atoms with Crippen LogP contribution in [-0.4, -0.2) is 9.55 Å². The van der Waals surface area contributed by atoms with Crippen LogP contribution in [-0.2, 0) is 0 Å². The summed E-state index contributed by atoms with van der Waals surface area (Å²) in [5.41, 5.74) is 8.43. The van der Waals surface area contributed by atoms with E-state index in [-0.39, 0.29) is 0 Å². The van der Waals surface area contributed by atoms with Gasteiger partial charge >= 0.3 is 0 Å². The van der Waals surface area contributed by atoms with Gasteiger partial charge in [-0.3, -0.25) is 0 Å². The maximum absolute atomic E-state index is 3.64. The first-order valence-corrected chi connectivity index (χ1v) is 13.8. The number of aromatic amines is 1. The largest absolute Gasteiger partial charge is 0.354 e. The SMILES string of the molecule is c1ccc(-n2c3ccc(-c4ccc5[nH]c6ccc7ccccc7c6c5c4)cc3c3c4ccccc4ccc32)cc1. The van der Waals surface area contributed by atoms with E-state index in [2.05, 4.69) is 149 Å². The van der Waals surface area contributed by atoms with Crippen LogP contribution in [0.4, 0.5) is 0 Å². The molecule has 1 N–H and O–H groups in total. The third-order valence-corrected chi connectivity index (χ3v) is 8.49. The van der Waals surface area contributed by atoms with Crippen LogP contribution in [0.2, 0.25) is 0 Å². The van der Waals surface area contributed by atoms with E-state index in [1.54, 1.807) is 0 Å². The van der Waals surface area contributed by atoms with Gasteiger partial charge in [-0.05, 0) is 81.2 Å². The maximum atomic E-state index is 3.64. The van der Waals surface area contributed by atoms with Crippen molar-refractivity contribution in [3.63, 3.8) is 0 Å². The standard InChI is InChI=1S/C38H24N2/c1-2-10-28(11-3-1)40-35-20-17-27(23-32(35)38-30-13-7-5-9-25(30)16-21-36(38)40)26-15-18-33-31(22-26)37-29-12-6-4-8-24(29)14-19-34(37)39-33/h1-23,39H. The minimum absolute atomic E-state index is 1.17. The quantitative estimate of drug-likeness (QED) is 0.240. The highest BCUT2D eigenvalue weighted by atomic mass is 15.0. The van der Waals surface area contributed by atoms with Crippen LogP contribution in [0.15, 0.2) is 140 Å². The molecular weight excluding hydrogens is 484 g/mol. The number of para-hydroxylation sites is 1. The lowest BCUT2D eigenvalue weighted by Crippen LogP contribution is -1.93. The van der Waals surface area contributed by atoms with Gasteiger partial charge in [0.1, 0.15) is 0 Å². The van der Waals surface area contributed by atoms with Gasteiger partial charge in [-0.15, -0.1) is 0 Å². The van der Waals surface area contributed by atoms with Gasteiger partial charge < -0.3 is 9.55 Å². The van der Waals surface area contributed by atoms with Crippen LogP contribution < -0.4 is 0 Å². The van der Waals surface area contributed by atoms with Crippen LogP contribution in [0.5, 0.6) is 0 Å². The van der Waals surface area contributed by atoms with E-state index in [4.69, 9.17) is 0 Å². The highest BCUT2D eigenvalue weighted by Crippen LogP contribution is 2.40. The molecule has 0 aliphatic heterocycles. The second-order valence-electron chi connectivity index (χ2n) is 10.7. The molecule has 0 amide bonds. The Balaban J connectivity index is 1.35. The molecule has 2 heterocycles.